The number of nitrogens with one attached hydrogen (secondary N) is 3. The molecular formula is C21H25N3O7. The molecular weight excluding hydrogens is 406 g/mol. The van der Waals surface area contributed by atoms with Crippen LogP contribution in [0.25, 0.3) is 0 Å². The number of ether oxygens (including phenoxy) is 2. The van der Waals surface area contributed by atoms with Gasteiger partial charge in [-0.2, -0.15) is 0 Å². The number of carbonyl (C=O) groups is 3. The molecule has 0 heterocycles. The topological polar surface area (TPSA) is 146 Å². The highest BCUT2D eigenvalue weighted by Crippen LogP contribution is 2.17. The molecule has 0 fully saturated rings. The fraction of sp³-hybridized carbons (Fsp3) is 0.286. The number of anilines is 1. The third-order valence-corrected chi connectivity index (χ3v) is 3.84. The van der Waals surface area contributed by atoms with Crippen LogP contribution in [0.4, 0.5) is 5.69 Å². The number of aliphatic hydroxyl groups excluding tert-OH is 2. The Labute approximate surface area is 179 Å². The molecule has 0 aliphatic carbocycles. The van der Waals surface area contributed by atoms with Crippen molar-refractivity contribution in [2.45, 2.75) is 0 Å². The van der Waals surface area contributed by atoms with Gasteiger partial charge in [0.1, 0.15) is 11.5 Å². The lowest BCUT2D eigenvalue weighted by Crippen LogP contribution is -2.31. The van der Waals surface area contributed by atoms with Gasteiger partial charge in [-0.15, -0.1) is 0 Å². The summed E-state index contributed by atoms with van der Waals surface area (Å²) in [6.07, 6.45) is 0. The Morgan fingerprint density at radius 2 is 1.16 bits per heavy atom. The summed E-state index contributed by atoms with van der Waals surface area (Å²) < 4.78 is 10.6. The average molecular weight is 431 g/mol. The number of amides is 3. The van der Waals surface area contributed by atoms with Crippen molar-refractivity contribution in [3.8, 4) is 11.5 Å². The first-order valence-electron chi connectivity index (χ1n) is 9.54. The first-order chi connectivity index (χ1) is 15.0. The minimum atomic E-state index is -0.353. The second-order valence-corrected chi connectivity index (χ2v) is 6.23. The summed E-state index contributed by atoms with van der Waals surface area (Å²) in [5, 5.41) is 25.0. The van der Waals surface area contributed by atoms with Crippen LogP contribution in [0.3, 0.4) is 0 Å². The van der Waals surface area contributed by atoms with E-state index in [9.17, 15) is 14.4 Å². The molecule has 0 atom stereocenters. The van der Waals surface area contributed by atoms with Crippen LogP contribution in [-0.2, 0) is 9.59 Å². The maximum absolute atomic E-state index is 12.4. The van der Waals surface area contributed by atoms with Crippen molar-refractivity contribution in [2.75, 3.05) is 44.8 Å². The Kier molecular flexibility index (Phi) is 9.79. The summed E-state index contributed by atoms with van der Waals surface area (Å²) in [5.74, 6) is -0.134. The Balaban J connectivity index is 1.80. The van der Waals surface area contributed by atoms with Gasteiger partial charge in [0.2, 0.25) is 0 Å². The van der Waals surface area contributed by atoms with Gasteiger partial charge in [0.05, 0.1) is 13.2 Å². The van der Waals surface area contributed by atoms with E-state index < -0.39 is 0 Å². The van der Waals surface area contributed by atoms with Crippen LogP contribution >= 0.6 is 0 Å². The van der Waals surface area contributed by atoms with E-state index in [1.54, 1.807) is 48.5 Å². The first kappa shape index (κ1) is 23.6. The number of benzene rings is 2. The Bertz CT molecular complexity index is 854. The monoisotopic (exact) mass is 431 g/mol. The third kappa shape index (κ3) is 8.72. The molecule has 0 radical (unpaired) electrons. The van der Waals surface area contributed by atoms with E-state index in [-0.39, 0.29) is 57.2 Å². The molecule has 0 aliphatic heterocycles. The summed E-state index contributed by atoms with van der Waals surface area (Å²) in [6.45, 7) is -0.326. The van der Waals surface area contributed by atoms with Crippen molar-refractivity contribution in [1.29, 1.82) is 0 Å². The minimum absolute atomic E-state index is 0.140. The zero-order valence-electron chi connectivity index (χ0n) is 16.8. The summed E-state index contributed by atoms with van der Waals surface area (Å²) in [5.41, 5.74) is 0.945. The van der Waals surface area contributed by atoms with Crippen molar-refractivity contribution in [1.82, 2.24) is 10.6 Å². The zero-order chi connectivity index (χ0) is 22.5. The largest absolute Gasteiger partial charge is 0.484 e. The first-order valence-corrected chi connectivity index (χ1v) is 9.54. The quantitative estimate of drug-likeness (QED) is 0.316. The van der Waals surface area contributed by atoms with E-state index in [4.69, 9.17) is 19.7 Å². The molecule has 10 heteroatoms. The lowest BCUT2D eigenvalue weighted by atomic mass is 10.2. The molecule has 5 N–H and O–H groups in total. The number of hydrogen-bond donors (Lipinski definition) is 5. The summed E-state index contributed by atoms with van der Waals surface area (Å²) >= 11 is 0. The van der Waals surface area contributed by atoms with Gasteiger partial charge < -0.3 is 35.6 Å². The SMILES string of the molecule is O=C(COc1ccc(NC(=O)c2ccc(OCC(=O)NCCO)cc2)cc1)NCCO. The second-order valence-electron chi connectivity index (χ2n) is 6.23. The average Bonchev–Trinajstić information content (AvgIpc) is 2.79. The van der Waals surface area contributed by atoms with Crippen LogP contribution in [-0.4, -0.2) is 67.5 Å². The molecule has 0 aliphatic rings. The highest BCUT2D eigenvalue weighted by molar-refractivity contribution is 6.04. The fourth-order valence-corrected chi connectivity index (χ4v) is 2.33. The maximum Gasteiger partial charge on any atom is 0.258 e. The Hall–Kier alpha value is -3.63. The molecule has 10 nitrogen and oxygen atoms in total. The molecule has 2 aromatic carbocycles. The summed E-state index contributed by atoms with van der Waals surface area (Å²) in [4.78, 5) is 35.3. The molecule has 166 valence electrons. The van der Waals surface area contributed by atoms with Gasteiger partial charge in [-0.25, -0.2) is 0 Å². The predicted molar refractivity (Wildman–Crippen MR) is 112 cm³/mol. The van der Waals surface area contributed by atoms with E-state index >= 15 is 0 Å². The maximum atomic E-state index is 12.4. The highest BCUT2D eigenvalue weighted by atomic mass is 16.5. The normalized spacial score (nSPS) is 10.1. The van der Waals surface area contributed by atoms with E-state index in [2.05, 4.69) is 16.0 Å². The Morgan fingerprint density at radius 3 is 1.61 bits per heavy atom. The molecule has 0 saturated carbocycles. The van der Waals surface area contributed by atoms with Gasteiger partial charge in [0.15, 0.2) is 13.2 Å². The predicted octanol–water partition coefficient (Wildman–Crippen LogP) is -0.0865. The summed E-state index contributed by atoms with van der Waals surface area (Å²) in [7, 11) is 0. The minimum Gasteiger partial charge on any atom is -0.484 e. The van der Waals surface area contributed by atoms with Crippen LogP contribution in [0.15, 0.2) is 48.5 Å². The van der Waals surface area contributed by atoms with Gasteiger partial charge >= 0.3 is 0 Å². The third-order valence-electron chi connectivity index (χ3n) is 3.84. The van der Waals surface area contributed by atoms with E-state index in [1.165, 1.54) is 0 Å². The molecule has 3 amide bonds. The van der Waals surface area contributed by atoms with Gasteiger partial charge in [0, 0.05) is 24.3 Å². The Morgan fingerprint density at radius 1 is 0.710 bits per heavy atom. The second kappa shape index (κ2) is 12.8. The van der Waals surface area contributed by atoms with Gasteiger partial charge in [-0.1, -0.05) is 0 Å². The van der Waals surface area contributed by atoms with E-state index in [0.29, 0.717) is 22.7 Å². The number of carbonyl (C=O) groups excluding carboxylic acids is 3. The zero-order valence-corrected chi connectivity index (χ0v) is 16.8. The van der Waals surface area contributed by atoms with Crippen molar-refractivity contribution in [3.05, 3.63) is 54.1 Å². The molecule has 0 spiro atoms. The van der Waals surface area contributed by atoms with Gasteiger partial charge in [-0.3, -0.25) is 14.4 Å². The van der Waals surface area contributed by atoms with Crippen LogP contribution in [0.5, 0.6) is 11.5 Å². The lowest BCUT2D eigenvalue weighted by molar-refractivity contribution is -0.124. The summed E-state index contributed by atoms with van der Waals surface area (Å²) in [6, 6.07) is 12.8. The van der Waals surface area contributed by atoms with Crippen LogP contribution in [0, 0.1) is 0 Å². The van der Waals surface area contributed by atoms with Gasteiger partial charge in [-0.05, 0) is 48.5 Å². The van der Waals surface area contributed by atoms with Crippen molar-refractivity contribution < 1.29 is 34.1 Å². The van der Waals surface area contributed by atoms with Gasteiger partial charge in [0.25, 0.3) is 17.7 Å². The molecule has 2 rings (SSSR count). The fourth-order valence-electron chi connectivity index (χ4n) is 2.33. The van der Waals surface area contributed by atoms with Crippen molar-refractivity contribution >= 4 is 23.4 Å². The number of aliphatic hydroxyl groups is 2. The van der Waals surface area contributed by atoms with Crippen LogP contribution < -0.4 is 25.4 Å². The van der Waals surface area contributed by atoms with E-state index in [1.807, 2.05) is 0 Å². The van der Waals surface area contributed by atoms with Crippen LogP contribution in [0.1, 0.15) is 10.4 Å². The highest BCUT2D eigenvalue weighted by Gasteiger charge is 2.08. The molecule has 0 unspecified atom stereocenters. The molecule has 0 bridgehead atoms. The standard InChI is InChI=1S/C21H25N3O7/c25-11-9-22-19(27)13-30-17-5-1-15(2-6-17)21(29)24-16-3-7-18(8-4-16)31-14-20(28)23-10-12-26/h1-8,25-26H,9-14H2,(H,22,27)(H,23,28)(H,24,29). The number of hydrogen-bond acceptors (Lipinski definition) is 7. The van der Waals surface area contributed by atoms with Crippen molar-refractivity contribution in [3.63, 3.8) is 0 Å². The lowest BCUT2D eigenvalue weighted by Gasteiger charge is -2.09. The number of rotatable bonds is 12. The van der Waals surface area contributed by atoms with Crippen molar-refractivity contribution in [2.24, 2.45) is 0 Å². The molecule has 31 heavy (non-hydrogen) atoms. The molecule has 2 aromatic rings. The van der Waals surface area contributed by atoms with Crippen LogP contribution in [0.2, 0.25) is 0 Å². The smallest absolute Gasteiger partial charge is 0.258 e. The molecule has 0 saturated heterocycles. The molecule has 0 aromatic heterocycles. The van der Waals surface area contributed by atoms with E-state index in [0.717, 1.165) is 0 Å².